The van der Waals surface area contributed by atoms with Gasteiger partial charge in [-0.1, -0.05) is 29.8 Å². The van der Waals surface area contributed by atoms with E-state index < -0.39 is 0 Å². The lowest BCUT2D eigenvalue weighted by Gasteiger charge is -2.05. The van der Waals surface area contributed by atoms with Gasteiger partial charge in [-0.05, 0) is 36.8 Å². The third-order valence-corrected chi connectivity index (χ3v) is 3.16. The Morgan fingerprint density at radius 1 is 1.14 bits per heavy atom. The molecule has 0 bridgehead atoms. The Kier molecular flexibility index (Phi) is 5.00. The van der Waals surface area contributed by atoms with Crippen molar-refractivity contribution in [1.29, 1.82) is 5.26 Å². The van der Waals surface area contributed by atoms with Crippen LogP contribution in [0.1, 0.15) is 11.1 Å². The van der Waals surface area contributed by atoms with Gasteiger partial charge in [0.2, 0.25) is 0 Å². The van der Waals surface area contributed by atoms with Crippen LogP contribution in [0.15, 0.2) is 60.3 Å². The minimum absolute atomic E-state index is 0.597. The van der Waals surface area contributed by atoms with Crippen molar-refractivity contribution in [3.8, 4) is 11.8 Å². The van der Waals surface area contributed by atoms with Crippen molar-refractivity contribution >= 4 is 5.69 Å². The van der Waals surface area contributed by atoms with Crippen molar-refractivity contribution in [2.24, 2.45) is 0 Å². The molecule has 1 N–H and O–H groups in total. The molecule has 2 aromatic rings. The zero-order chi connectivity index (χ0) is 15.1. The topological polar surface area (TPSA) is 45.0 Å². The van der Waals surface area contributed by atoms with Crippen LogP contribution in [0.25, 0.3) is 0 Å². The van der Waals surface area contributed by atoms with E-state index in [1.165, 1.54) is 5.56 Å². The normalized spacial score (nSPS) is 10.8. The van der Waals surface area contributed by atoms with E-state index >= 15 is 0 Å². The van der Waals surface area contributed by atoms with Crippen LogP contribution < -0.4 is 10.1 Å². The van der Waals surface area contributed by atoms with Crippen LogP contribution in [-0.2, 0) is 6.42 Å². The molecule has 0 aliphatic heterocycles. The van der Waals surface area contributed by atoms with E-state index in [2.05, 4.69) is 11.4 Å². The molecule has 2 aromatic carbocycles. The van der Waals surface area contributed by atoms with E-state index in [1.54, 1.807) is 13.3 Å². The number of aryl methyl sites for hydroxylation is 1. The van der Waals surface area contributed by atoms with Gasteiger partial charge >= 0.3 is 0 Å². The second kappa shape index (κ2) is 7.16. The molecule has 3 nitrogen and oxygen atoms in total. The average Bonchev–Trinajstić information content (AvgIpc) is 2.53. The number of allylic oxidation sites excluding steroid dienone is 1. The average molecular weight is 278 g/mol. The van der Waals surface area contributed by atoms with Gasteiger partial charge in [-0.3, -0.25) is 0 Å². The molecule has 0 saturated heterocycles. The van der Waals surface area contributed by atoms with Gasteiger partial charge in [0.05, 0.1) is 13.2 Å². The fraction of sp³-hybridized carbons (Fsp3) is 0.167. The Hall–Kier alpha value is -2.73. The fourth-order valence-corrected chi connectivity index (χ4v) is 1.91. The summed E-state index contributed by atoms with van der Waals surface area (Å²) in [5, 5.41) is 12.4. The first-order chi connectivity index (χ1) is 10.2. The molecule has 0 radical (unpaired) electrons. The van der Waals surface area contributed by atoms with Crippen LogP contribution in [0.2, 0.25) is 0 Å². The highest BCUT2D eigenvalue weighted by molar-refractivity contribution is 5.48. The number of methoxy groups -OCH3 is 1. The molecule has 2 rings (SSSR count). The zero-order valence-corrected chi connectivity index (χ0v) is 12.3. The standard InChI is InChI=1S/C18H18N2O/c1-14-3-7-17(8-4-14)20-13-16(12-19)11-15-5-9-18(21-2)10-6-15/h3-10,13,20H,11H2,1-2H3/b16-13-. The number of hydrogen-bond acceptors (Lipinski definition) is 3. The highest BCUT2D eigenvalue weighted by Gasteiger charge is 2.00. The molecule has 0 aliphatic carbocycles. The monoisotopic (exact) mass is 278 g/mol. The summed E-state index contributed by atoms with van der Waals surface area (Å²) in [5.41, 5.74) is 3.95. The van der Waals surface area contributed by atoms with Crippen molar-refractivity contribution in [3.05, 3.63) is 71.4 Å². The number of ether oxygens (including phenoxy) is 1. The number of nitrogens with zero attached hydrogens (tertiary/aromatic N) is 1. The first kappa shape index (κ1) is 14.7. The highest BCUT2D eigenvalue weighted by Crippen LogP contribution is 2.15. The summed E-state index contributed by atoms with van der Waals surface area (Å²) in [5.74, 6) is 0.819. The van der Waals surface area contributed by atoms with Gasteiger partial charge in [0.1, 0.15) is 5.75 Å². The van der Waals surface area contributed by atoms with Crippen molar-refractivity contribution in [3.63, 3.8) is 0 Å². The number of rotatable bonds is 5. The molecule has 0 spiro atoms. The van der Waals surface area contributed by atoms with Crippen LogP contribution >= 0.6 is 0 Å². The van der Waals surface area contributed by atoms with Crippen LogP contribution in [-0.4, -0.2) is 7.11 Å². The van der Waals surface area contributed by atoms with E-state index in [1.807, 2.05) is 55.5 Å². The predicted octanol–water partition coefficient (Wildman–Crippen LogP) is 4.07. The maximum absolute atomic E-state index is 9.23. The van der Waals surface area contributed by atoms with Gasteiger partial charge in [0.25, 0.3) is 0 Å². The molecular weight excluding hydrogens is 260 g/mol. The van der Waals surface area contributed by atoms with E-state index in [9.17, 15) is 5.26 Å². The van der Waals surface area contributed by atoms with E-state index in [4.69, 9.17) is 4.74 Å². The lowest BCUT2D eigenvalue weighted by atomic mass is 10.1. The summed E-state index contributed by atoms with van der Waals surface area (Å²) in [7, 11) is 1.64. The first-order valence-corrected chi connectivity index (χ1v) is 6.76. The Morgan fingerprint density at radius 3 is 2.38 bits per heavy atom. The molecule has 106 valence electrons. The summed E-state index contributed by atoms with van der Waals surface area (Å²) < 4.78 is 5.12. The number of nitrogens with one attached hydrogen (secondary N) is 1. The first-order valence-electron chi connectivity index (χ1n) is 6.76. The van der Waals surface area contributed by atoms with Crippen LogP contribution in [0.4, 0.5) is 5.69 Å². The lowest BCUT2D eigenvalue weighted by molar-refractivity contribution is 0.414. The summed E-state index contributed by atoms with van der Waals surface area (Å²) in [6.45, 7) is 2.05. The van der Waals surface area contributed by atoms with Gasteiger partial charge in [0.15, 0.2) is 0 Å². The van der Waals surface area contributed by atoms with Crippen molar-refractivity contribution < 1.29 is 4.74 Å². The van der Waals surface area contributed by atoms with Crippen LogP contribution in [0, 0.1) is 18.3 Å². The molecule has 0 aromatic heterocycles. The van der Waals surface area contributed by atoms with Crippen molar-refractivity contribution in [1.82, 2.24) is 0 Å². The largest absolute Gasteiger partial charge is 0.497 e. The third-order valence-electron chi connectivity index (χ3n) is 3.16. The summed E-state index contributed by atoms with van der Waals surface area (Å²) >= 11 is 0. The number of benzene rings is 2. The molecule has 0 unspecified atom stereocenters. The second-order valence-electron chi connectivity index (χ2n) is 4.82. The maximum Gasteiger partial charge on any atom is 0.118 e. The Balaban J connectivity index is 2.03. The minimum Gasteiger partial charge on any atom is -0.497 e. The summed E-state index contributed by atoms with van der Waals surface area (Å²) in [6.07, 6.45) is 2.36. The fourth-order valence-electron chi connectivity index (χ4n) is 1.91. The Morgan fingerprint density at radius 2 is 1.81 bits per heavy atom. The quantitative estimate of drug-likeness (QED) is 0.839. The number of anilines is 1. The molecule has 0 saturated carbocycles. The van der Waals surface area contributed by atoms with E-state index in [0.29, 0.717) is 12.0 Å². The summed E-state index contributed by atoms with van der Waals surface area (Å²) in [6, 6.07) is 18.0. The Bertz CT molecular complexity index is 649. The number of hydrogen-bond donors (Lipinski definition) is 1. The van der Waals surface area contributed by atoms with E-state index in [-0.39, 0.29) is 0 Å². The molecule has 0 aliphatic rings. The molecular formula is C18H18N2O. The minimum atomic E-state index is 0.597. The molecule has 21 heavy (non-hydrogen) atoms. The zero-order valence-electron chi connectivity index (χ0n) is 12.3. The van der Waals surface area contributed by atoms with Gasteiger partial charge in [0, 0.05) is 23.9 Å². The molecule has 0 fully saturated rings. The van der Waals surface area contributed by atoms with Gasteiger partial charge < -0.3 is 10.1 Å². The van der Waals surface area contributed by atoms with Crippen LogP contribution in [0.3, 0.4) is 0 Å². The SMILES string of the molecule is COc1ccc(C/C(C#N)=C/Nc2ccc(C)cc2)cc1. The molecule has 3 heteroatoms. The number of nitriles is 1. The smallest absolute Gasteiger partial charge is 0.118 e. The summed E-state index contributed by atoms with van der Waals surface area (Å²) in [4.78, 5) is 0. The Labute approximate surface area is 125 Å². The third kappa shape index (κ3) is 4.39. The van der Waals surface area contributed by atoms with Crippen molar-refractivity contribution in [2.45, 2.75) is 13.3 Å². The van der Waals surface area contributed by atoms with Crippen LogP contribution in [0.5, 0.6) is 5.75 Å². The lowest BCUT2D eigenvalue weighted by Crippen LogP contribution is -1.94. The van der Waals surface area contributed by atoms with Gasteiger partial charge in [-0.25, -0.2) is 0 Å². The predicted molar refractivity (Wildman–Crippen MR) is 85.2 cm³/mol. The molecule has 0 heterocycles. The molecule has 0 amide bonds. The second-order valence-corrected chi connectivity index (χ2v) is 4.82. The van der Waals surface area contributed by atoms with Crippen molar-refractivity contribution in [2.75, 3.05) is 12.4 Å². The van der Waals surface area contributed by atoms with E-state index in [0.717, 1.165) is 17.0 Å². The van der Waals surface area contributed by atoms with Gasteiger partial charge in [-0.15, -0.1) is 0 Å². The molecule has 0 atom stereocenters. The maximum atomic E-state index is 9.23. The van der Waals surface area contributed by atoms with Gasteiger partial charge in [-0.2, -0.15) is 5.26 Å². The highest BCUT2D eigenvalue weighted by atomic mass is 16.5.